The second kappa shape index (κ2) is 4.08. The van der Waals surface area contributed by atoms with Crippen molar-refractivity contribution in [2.75, 3.05) is 5.32 Å². The van der Waals surface area contributed by atoms with Gasteiger partial charge in [0, 0.05) is 18.8 Å². The summed E-state index contributed by atoms with van der Waals surface area (Å²) in [6.45, 7) is 0.355. The summed E-state index contributed by atoms with van der Waals surface area (Å²) in [4.78, 5) is 0. The van der Waals surface area contributed by atoms with E-state index in [-0.39, 0.29) is 0 Å². The highest BCUT2D eigenvalue weighted by molar-refractivity contribution is 5.38. The Morgan fingerprint density at radius 3 is 2.53 bits per heavy atom. The topological polar surface area (TPSA) is 40.7 Å². The van der Waals surface area contributed by atoms with Crippen LogP contribution in [0.25, 0.3) is 0 Å². The largest absolute Gasteiger partial charge is 0.378 e. The third-order valence-corrected chi connectivity index (χ3v) is 1.92. The van der Waals surface area contributed by atoms with E-state index in [4.69, 9.17) is 0 Å². The molecule has 78 valence electrons. The molecule has 0 amide bonds. The highest BCUT2D eigenvalue weighted by Gasteiger charge is 2.00. The lowest BCUT2D eigenvalue weighted by Gasteiger charge is -2.03. The van der Waals surface area contributed by atoms with Crippen molar-refractivity contribution in [3.05, 3.63) is 47.8 Å². The molecule has 1 aromatic carbocycles. The maximum absolute atomic E-state index is 12.8. The van der Waals surface area contributed by atoms with E-state index in [0.29, 0.717) is 12.1 Å². The number of nitrogens with zero attached hydrogens (tertiary/aromatic N) is 1. The molecule has 0 bridgehead atoms. The van der Waals surface area contributed by atoms with Crippen LogP contribution in [0.5, 0.6) is 0 Å². The zero-order valence-corrected chi connectivity index (χ0v) is 7.80. The van der Waals surface area contributed by atoms with Gasteiger partial charge >= 0.3 is 0 Å². The molecular weight excluding hydrogens is 200 g/mol. The Kier molecular flexibility index (Phi) is 2.62. The lowest BCUT2D eigenvalue weighted by molar-refractivity contribution is 0.580. The van der Waals surface area contributed by atoms with Crippen molar-refractivity contribution in [2.24, 2.45) is 0 Å². The highest BCUT2D eigenvalue weighted by atomic mass is 19.1. The molecule has 0 saturated heterocycles. The monoisotopic (exact) mass is 209 g/mol. The fourth-order valence-electron chi connectivity index (χ4n) is 1.26. The summed E-state index contributed by atoms with van der Waals surface area (Å²) in [6, 6.07) is 3.42. The van der Waals surface area contributed by atoms with Crippen molar-refractivity contribution in [1.29, 1.82) is 0 Å². The van der Waals surface area contributed by atoms with Gasteiger partial charge in [0.25, 0.3) is 0 Å². The van der Waals surface area contributed by atoms with Crippen LogP contribution in [0.3, 0.4) is 0 Å². The summed E-state index contributed by atoms with van der Waals surface area (Å²) in [7, 11) is 0. The van der Waals surface area contributed by atoms with Crippen LogP contribution in [0.2, 0.25) is 0 Å². The summed E-state index contributed by atoms with van der Waals surface area (Å²) in [5.74, 6) is -1.14. The molecule has 0 radical (unpaired) electrons. The first-order chi connectivity index (χ1) is 7.24. The second-order valence-corrected chi connectivity index (χ2v) is 3.12. The van der Waals surface area contributed by atoms with Crippen LogP contribution in [0.15, 0.2) is 30.6 Å². The third-order valence-electron chi connectivity index (χ3n) is 1.92. The Morgan fingerprint density at radius 1 is 1.20 bits per heavy atom. The molecule has 0 unspecified atom stereocenters. The number of aromatic nitrogens is 2. The minimum atomic E-state index is -0.570. The Labute approximate surface area is 85.1 Å². The molecule has 0 spiro atoms. The van der Waals surface area contributed by atoms with E-state index in [0.717, 1.165) is 11.8 Å². The lowest BCUT2D eigenvalue weighted by Crippen LogP contribution is -1.99. The molecule has 3 nitrogen and oxygen atoms in total. The third kappa shape index (κ3) is 2.52. The van der Waals surface area contributed by atoms with Crippen LogP contribution >= 0.6 is 0 Å². The minimum absolute atomic E-state index is 0.355. The maximum Gasteiger partial charge on any atom is 0.126 e. The number of benzene rings is 1. The lowest BCUT2D eigenvalue weighted by atomic mass is 10.2. The molecule has 2 rings (SSSR count). The smallest absolute Gasteiger partial charge is 0.126 e. The van der Waals surface area contributed by atoms with Crippen LogP contribution in [-0.4, -0.2) is 10.2 Å². The first-order valence-electron chi connectivity index (χ1n) is 4.41. The average molecular weight is 209 g/mol. The van der Waals surface area contributed by atoms with Gasteiger partial charge in [0.1, 0.15) is 11.6 Å². The standard InChI is InChI=1S/C10H9F2N3/c11-8-1-7(2-9(12)3-8)4-13-10-5-14-15-6-10/h1-3,5-6,13H,4H2,(H,14,15). The van der Waals surface area contributed by atoms with Crippen LogP contribution in [0.1, 0.15) is 5.56 Å². The molecule has 1 heterocycles. The number of hydrogen-bond donors (Lipinski definition) is 2. The van der Waals surface area contributed by atoms with Crippen molar-refractivity contribution in [1.82, 2.24) is 10.2 Å². The number of hydrogen-bond acceptors (Lipinski definition) is 2. The number of anilines is 1. The van der Waals surface area contributed by atoms with Crippen molar-refractivity contribution in [2.45, 2.75) is 6.54 Å². The molecule has 0 aliphatic carbocycles. The number of H-pyrrole nitrogens is 1. The second-order valence-electron chi connectivity index (χ2n) is 3.12. The number of rotatable bonds is 3. The van der Waals surface area contributed by atoms with Crippen LogP contribution in [0, 0.1) is 11.6 Å². The quantitative estimate of drug-likeness (QED) is 0.814. The molecule has 2 N–H and O–H groups in total. The van der Waals surface area contributed by atoms with Crippen molar-refractivity contribution >= 4 is 5.69 Å². The van der Waals surface area contributed by atoms with Gasteiger partial charge in [0.2, 0.25) is 0 Å². The minimum Gasteiger partial charge on any atom is -0.378 e. The van der Waals surface area contributed by atoms with E-state index >= 15 is 0 Å². The Balaban J connectivity index is 2.05. The molecular formula is C10H9F2N3. The van der Waals surface area contributed by atoms with E-state index in [1.54, 1.807) is 12.4 Å². The molecule has 15 heavy (non-hydrogen) atoms. The average Bonchev–Trinajstić information content (AvgIpc) is 2.65. The molecule has 2 aromatic rings. The van der Waals surface area contributed by atoms with Gasteiger partial charge in [-0.2, -0.15) is 5.10 Å². The SMILES string of the molecule is Fc1cc(F)cc(CNc2cn[nH]c2)c1. The summed E-state index contributed by atoms with van der Waals surface area (Å²) in [6.07, 6.45) is 3.26. The van der Waals surface area contributed by atoms with Gasteiger partial charge < -0.3 is 5.32 Å². The Morgan fingerprint density at radius 2 is 1.93 bits per heavy atom. The van der Waals surface area contributed by atoms with E-state index < -0.39 is 11.6 Å². The zero-order chi connectivity index (χ0) is 10.7. The molecule has 0 aliphatic rings. The predicted octanol–water partition coefficient (Wildman–Crippen LogP) is 2.30. The van der Waals surface area contributed by atoms with Gasteiger partial charge in [0.15, 0.2) is 0 Å². The van der Waals surface area contributed by atoms with Crippen molar-refractivity contribution < 1.29 is 8.78 Å². The number of aromatic amines is 1. The fraction of sp³-hybridized carbons (Fsp3) is 0.100. The maximum atomic E-state index is 12.8. The van der Waals surface area contributed by atoms with Gasteiger partial charge in [-0.1, -0.05) is 0 Å². The molecule has 1 aromatic heterocycles. The van der Waals surface area contributed by atoms with E-state index in [2.05, 4.69) is 15.5 Å². The summed E-state index contributed by atoms with van der Waals surface area (Å²) >= 11 is 0. The van der Waals surface area contributed by atoms with Crippen LogP contribution in [-0.2, 0) is 6.54 Å². The summed E-state index contributed by atoms with van der Waals surface area (Å²) < 4.78 is 25.6. The predicted molar refractivity (Wildman–Crippen MR) is 52.3 cm³/mol. The van der Waals surface area contributed by atoms with Gasteiger partial charge in [-0.3, -0.25) is 5.10 Å². The first-order valence-corrected chi connectivity index (χ1v) is 4.41. The van der Waals surface area contributed by atoms with E-state index in [9.17, 15) is 8.78 Å². The van der Waals surface area contributed by atoms with Gasteiger partial charge in [-0.25, -0.2) is 8.78 Å². The molecule has 0 atom stereocenters. The number of nitrogens with one attached hydrogen (secondary N) is 2. The van der Waals surface area contributed by atoms with E-state index in [1.165, 1.54) is 12.1 Å². The molecule has 0 saturated carbocycles. The van der Waals surface area contributed by atoms with Gasteiger partial charge in [0.05, 0.1) is 11.9 Å². The van der Waals surface area contributed by atoms with Crippen LogP contribution < -0.4 is 5.32 Å². The van der Waals surface area contributed by atoms with E-state index in [1.807, 2.05) is 0 Å². The van der Waals surface area contributed by atoms with Crippen molar-refractivity contribution in [3.63, 3.8) is 0 Å². The highest BCUT2D eigenvalue weighted by Crippen LogP contribution is 2.10. The fourth-order valence-corrected chi connectivity index (χ4v) is 1.26. The molecule has 5 heteroatoms. The molecule has 0 aliphatic heterocycles. The number of halogens is 2. The van der Waals surface area contributed by atoms with Crippen LogP contribution in [0.4, 0.5) is 14.5 Å². The Bertz CT molecular complexity index is 420. The molecule has 0 fully saturated rings. The van der Waals surface area contributed by atoms with Gasteiger partial charge in [-0.15, -0.1) is 0 Å². The Hall–Kier alpha value is -1.91. The summed E-state index contributed by atoms with van der Waals surface area (Å²) in [5, 5.41) is 9.33. The van der Waals surface area contributed by atoms with Gasteiger partial charge in [-0.05, 0) is 17.7 Å². The first kappa shape index (κ1) is 9.64. The zero-order valence-electron chi connectivity index (χ0n) is 7.80. The van der Waals surface area contributed by atoms with Crippen molar-refractivity contribution in [3.8, 4) is 0 Å². The summed E-state index contributed by atoms with van der Waals surface area (Å²) in [5.41, 5.74) is 1.33. The normalized spacial score (nSPS) is 10.3.